The smallest absolute Gasteiger partial charge is 0.276 e. The summed E-state index contributed by atoms with van der Waals surface area (Å²) in [5, 5.41) is 4.96. The van der Waals surface area contributed by atoms with Crippen molar-refractivity contribution in [2.75, 3.05) is 0 Å². The Morgan fingerprint density at radius 3 is 2.18 bits per heavy atom. The average molecular weight is 435 g/mol. The van der Waals surface area contributed by atoms with Crippen LogP contribution in [0.15, 0.2) is 82.8 Å². The number of rotatable bonds is 7. The third-order valence-electron chi connectivity index (χ3n) is 3.73. The van der Waals surface area contributed by atoms with Crippen molar-refractivity contribution in [3.8, 4) is 5.75 Å². The average Bonchev–Trinajstić information content (AvgIpc) is 2.69. The van der Waals surface area contributed by atoms with Gasteiger partial charge in [-0.25, -0.2) is 4.83 Å². The quantitative estimate of drug-likeness (QED) is 0.425. The van der Waals surface area contributed by atoms with Gasteiger partial charge in [-0.05, 0) is 54.1 Å². The first kappa shape index (κ1) is 20.2. The van der Waals surface area contributed by atoms with Gasteiger partial charge in [-0.3, -0.25) is 0 Å². The summed E-state index contributed by atoms with van der Waals surface area (Å²) in [6.07, 6.45) is 1.39. The predicted molar refractivity (Wildman–Crippen MR) is 112 cm³/mol. The highest BCUT2D eigenvalue weighted by molar-refractivity contribution is 7.89. The van der Waals surface area contributed by atoms with Crippen LogP contribution in [0.25, 0.3) is 0 Å². The molecule has 0 radical (unpaired) electrons. The van der Waals surface area contributed by atoms with Gasteiger partial charge in [0.05, 0.1) is 11.1 Å². The van der Waals surface area contributed by atoms with E-state index in [2.05, 4.69) is 9.93 Å². The topological polar surface area (TPSA) is 67.8 Å². The van der Waals surface area contributed by atoms with E-state index < -0.39 is 10.0 Å². The van der Waals surface area contributed by atoms with Gasteiger partial charge >= 0.3 is 0 Å². The molecule has 0 bridgehead atoms. The first-order valence-corrected chi connectivity index (χ1v) is 10.4. The van der Waals surface area contributed by atoms with E-state index in [9.17, 15) is 8.42 Å². The fraction of sp³-hybridized carbons (Fsp3) is 0.0500. The lowest BCUT2D eigenvalue weighted by Gasteiger charge is -2.09. The normalized spacial score (nSPS) is 11.5. The molecule has 144 valence electrons. The number of hydrogen-bond donors (Lipinski definition) is 1. The molecule has 0 atom stereocenters. The van der Waals surface area contributed by atoms with Crippen molar-refractivity contribution in [3.63, 3.8) is 0 Å². The molecular formula is C20H16Cl2N2O3S. The summed E-state index contributed by atoms with van der Waals surface area (Å²) in [7, 11) is -3.78. The Kier molecular flexibility index (Phi) is 6.57. The fourth-order valence-electron chi connectivity index (χ4n) is 2.29. The Bertz CT molecular complexity index is 1070. The van der Waals surface area contributed by atoms with Crippen LogP contribution in [0.5, 0.6) is 5.75 Å². The summed E-state index contributed by atoms with van der Waals surface area (Å²) >= 11 is 11.7. The highest BCUT2D eigenvalue weighted by Crippen LogP contribution is 2.19. The first-order chi connectivity index (χ1) is 13.4. The maximum atomic E-state index is 12.2. The maximum absolute atomic E-state index is 12.2. The number of sulfonamides is 1. The number of hydrazone groups is 1. The predicted octanol–water partition coefficient (Wildman–Crippen LogP) is 4.88. The lowest BCUT2D eigenvalue weighted by Crippen LogP contribution is -2.18. The van der Waals surface area contributed by atoms with Gasteiger partial charge < -0.3 is 4.74 Å². The van der Waals surface area contributed by atoms with Gasteiger partial charge in [-0.15, -0.1) is 0 Å². The molecule has 0 saturated carbocycles. The molecular weight excluding hydrogens is 419 g/mol. The molecule has 1 N–H and O–H groups in total. The van der Waals surface area contributed by atoms with Crippen molar-refractivity contribution in [1.29, 1.82) is 0 Å². The van der Waals surface area contributed by atoms with Crippen LogP contribution in [0, 0.1) is 0 Å². The van der Waals surface area contributed by atoms with Crippen molar-refractivity contribution in [2.24, 2.45) is 5.10 Å². The maximum Gasteiger partial charge on any atom is 0.276 e. The second-order valence-corrected chi connectivity index (χ2v) is 8.29. The number of nitrogens with one attached hydrogen (secondary N) is 1. The molecule has 0 aliphatic rings. The second kappa shape index (κ2) is 9.10. The summed E-state index contributed by atoms with van der Waals surface area (Å²) in [5.74, 6) is 0.576. The Morgan fingerprint density at radius 2 is 1.50 bits per heavy atom. The summed E-state index contributed by atoms with van der Waals surface area (Å²) in [6.45, 7) is 0.346. The number of nitrogens with zero attached hydrogens (tertiary/aromatic N) is 1. The standard InChI is InChI=1S/C20H16Cl2N2O3S/c21-17-7-5-15(6-8-17)14-27-20-4-2-1-3-16(20)13-23-24-28(25,26)19-11-9-18(22)10-12-19/h1-13,24H,14H2/b23-13+. The van der Waals surface area contributed by atoms with Crippen LogP contribution < -0.4 is 9.57 Å². The zero-order valence-electron chi connectivity index (χ0n) is 14.5. The zero-order valence-corrected chi connectivity index (χ0v) is 16.9. The summed E-state index contributed by atoms with van der Waals surface area (Å²) in [6, 6.07) is 20.3. The van der Waals surface area contributed by atoms with Gasteiger partial charge in [-0.2, -0.15) is 13.5 Å². The molecule has 5 nitrogen and oxygen atoms in total. The Balaban J connectivity index is 1.68. The number of halogens is 2. The first-order valence-electron chi connectivity index (χ1n) is 8.21. The molecule has 0 amide bonds. The van der Waals surface area contributed by atoms with E-state index in [1.165, 1.54) is 30.5 Å². The molecule has 0 saturated heterocycles. The van der Waals surface area contributed by atoms with E-state index in [-0.39, 0.29) is 4.90 Å². The van der Waals surface area contributed by atoms with Crippen molar-refractivity contribution in [3.05, 3.63) is 94.0 Å². The lowest BCUT2D eigenvalue weighted by molar-refractivity contribution is 0.306. The van der Waals surface area contributed by atoms with E-state index in [1.807, 2.05) is 24.3 Å². The summed E-state index contributed by atoms with van der Waals surface area (Å²) in [4.78, 5) is 2.25. The molecule has 0 aliphatic heterocycles. The largest absolute Gasteiger partial charge is 0.488 e. The number of ether oxygens (including phenoxy) is 1. The highest BCUT2D eigenvalue weighted by Gasteiger charge is 2.12. The Labute approximate surface area is 173 Å². The van der Waals surface area contributed by atoms with E-state index in [4.69, 9.17) is 27.9 Å². The Hall–Kier alpha value is -2.54. The van der Waals surface area contributed by atoms with Crippen LogP contribution in [-0.2, 0) is 16.6 Å². The summed E-state index contributed by atoms with van der Waals surface area (Å²) in [5.41, 5.74) is 1.59. The van der Waals surface area contributed by atoms with Crippen molar-refractivity contribution >= 4 is 39.4 Å². The molecule has 0 fully saturated rings. The van der Waals surface area contributed by atoms with Crippen LogP contribution in [0.4, 0.5) is 0 Å². The van der Waals surface area contributed by atoms with Crippen LogP contribution in [0.2, 0.25) is 10.0 Å². The molecule has 28 heavy (non-hydrogen) atoms. The molecule has 0 unspecified atom stereocenters. The molecule has 0 spiro atoms. The molecule has 8 heteroatoms. The highest BCUT2D eigenvalue weighted by atomic mass is 35.5. The van der Waals surface area contributed by atoms with Crippen molar-refractivity contribution in [1.82, 2.24) is 4.83 Å². The minimum absolute atomic E-state index is 0.0707. The zero-order chi connectivity index (χ0) is 20.0. The van der Waals surface area contributed by atoms with Crippen LogP contribution in [0.3, 0.4) is 0 Å². The van der Waals surface area contributed by atoms with Gasteiger partial charge in [-0.1, -0.05) is 47.5 Å². The van der Waals surface area contributed by atoms with Gasteiger partial charge in [0.2, 0.25) is 0 Å². The number of para-hydroxylation sites is 1. The van der Waals surface area contributed by atoms with E-state index in [1.54, 1.807) is 24.3 Å². The van der Waals surface area contributed by atoms with E-state index >= 15 is 0 Å². The van der Waals surface area contributed by atoms with E-state index in [0.717, 1.165) is 5.56 Å². The van der Waals surface area contributed by atoms with Gasteiger partial charge in [0.1, 0.15) is 12.4 Å². The third-order valence-corrected chi connectivity index (χ3v) is 5.47. The van der Waals surface area contributed by atoms with E-state index in [0.29, 0.717) is 28.0 Å². The Morgan fingerprint density at radius 1 is 0.893 bits per heavy atom. The minimum atomic E-state index is -3.78. The number of benzene rings is 3. The van der Waals surface area contributed by atoms with Gasteiger partial charge in [0.15, 0.2) is 0 Å². The number of hydrogen-bond acceptors (Lipinski definition) is 4. The molecule has 3 aromatic rings. The monoisotopic (exact) mass is 434 g/mol. The fourth-order valence-corrected chi connectivity index (χ4v) is 3.34. The van der Waals surface area contributed by atoms with Gasteiger partial charge in [0.25, 0.3) is 10.0 Å². The van der Waals surface area contributed by atoms with Crippen LogP contribution >= 0.6 is 23.2 Å². The second-order valence-electron chi connectivity index (χ2n) is 5.76. The van der Waals surface area contributed by atoms with Crippen LogP contribution in [0.1, 0.15) is 11.1 Å². The minimum Gasteiger partial charge on any atom is -0.488 e. The summed E-state index contributed by atoms with van der Waals surface area (Å²) < 4.78 is 30.3. The molecule has 0 aliphatic carbocycles. The third kappa shape index (κ3) is 5.48. The molecule has 0 heterocycles. The van der Waals surface area contributed by atoms with Crippen LogP contribution in [-0.4, -0.2) is 14.6 Å². The SMILES string of the molecule is O=S(=O)(N/N=C/c1ccccc1OCc1ccc(Cl)cc1)c1ccc(Cl)cc1. The lowest BCUT2D eigenvalue weighted by atomic mass is 10.2. The molecule has 3 rings (SSSR count). The molecule has 3 aromatic carbocycles. The van der Waals surface area contributed by atoms with Crippen molar-refractivity contribution in [2.45, 2.75) is 11.5 Å². The van der Waals surface area contributed by atoms with Gasteiger partial charge in [0, 0.05) is 15.6 Å². The van der Waals surface area contributed by atoms with Crippen molar-refractivity contribution < 1.29 is 13.2 Å². The molecule has 0 aromatic heterocycles.